The molecule has 74 valence electrons. The summed E-state index contributed by atoms with van der Waals surface area (Å²) in [6.45, 7) is 1.96. The van der Waals surface area contributed by atoms with Crippen LogP contribution in [0.25, 0.3) is 0 Å². The van der Waals surface area contributed by atoms with Crippen molar-refractivity contribution in [2.24, 2.45) is 16.8 Å². The van der Waals surface area contributed by atoms with Crippen molar-refractivity contribution in [3.8, 4) is 0 Å². The Bertz CT molecular complexity index is 225. The molecule has 2 atom stereocenters. The zero-order valence-corrected chi connectivity index (χ0v) is 9.95. The molecule has 4 heteroatoms. The normalized spacial score (nSPS) is 35.8. The highest BCUT2D eigenvalue weighted by molar-refractivity contribution is 14.0. The second-order valence-corrected chi connectivity index (χ2v) is 4.14. The van der Waals surface area contributed by atoms with Crippen LogP contribution >= 0.6 is 24.0 Å². The first-order valence-corrected chi connectivity index (χ1v) is 4.98. The third-order valence-electron chi connectivity index (χ3n) is 3.06. The smallest absolute Gasteiger partial charge is 0.191 e. The molecule has 0 amide bonds. The Kier molecular flexibility index (Phi) is 2.67. The molecule has 2 N–H and O–H groups in total. The van der Waals surface area contributed by atoms with E-state index in [2.05, 4.69) is 15.6 Å². The fourth-order valence-corrected chi connectivity index (χ4v) is 2.10. The molecule has 2 fully saturated rings. The van der Waals surface area contributed by atoms with E-state index in [0.29, 0.717) is 0 Å². The van der Waals surface area contributed by atoms with Gasteiger partial charge >= 0.3 is 0 Å². The predicted molar refractivity (Wildman–Crippen MR) is 63.5 cm³/mol. The summed E-state index contributed by atoms with van der Waals surface area (Å²) in [4.78, 5) is 4.32. The molecule has 1 heterocycles. The molecule has 2 aliphatic carbocycles. The molecular weight excluding hydrogens is 277 g/mol. The summed E-state index contributed by atoms with van der Waals surface area (Å²) in [7, 11) is 0. The minimum absolute atomic E-state index is 0. The number of nitrogens with one attached hydrogen (secondary N) is 2. The molecular formula is C9H16IN3. The first-order valence-electron chi connectivity index (χ1n) is 4.98. The van der Waals surface area contributed by atoms with Gasteiger partial charge < -0.3 is 10.6 Å². The highest BCUT2D eigenvalue weighted by Crippen LogP contribution is 2.49. The van der Waals surface area contributed by atoms with Crippen molar-refractivity contribution in [2.45, 2.75) is 25.3 Å². The van der Waals surface area contributed by atoms with Crippen LogP contribution in [0.4, 0.5) is 0 Å². The van der Waals surface area contributed by atoms with Crippen LogP contribution < -0.4 is 10.6 Å². The molecule has 3 aliphatic rings. The molecule has 2 saturated carbocycles. The quantitative estimate of drug-likeness (QED) is 0.744. The summed E-state index contributed by atoms with van der Waals surface area (Å²) in [6, 6.07) is 0.752. The fraction of sp³-hybridized carbons (Fsp3) is 0.889. The van der Waals surface area contributed by atoms with E-state index in [-0.39, 0.29) is 24.0 Å². The predicted octanol–water partition coefficient (Wildman–Crippen LogP) is 0.952. The molecule has 0 aromatic carbocycles. The van der Waals surface area contributed by atoms with E-state index in [1.54, 1.807) is 0 Å². The summed E-state index contributed by atoms with van der Waals surface area (Å²) in [6.07, 6.45) is 4.33. The van der Waals surface area contributed by atoms with E-state index in [4.69, 9.17) is 0 Å². The largest absolute Gasteiger partial charge is 0.355 e. The Hall–Kier alpha value is 0. The van der Waals surface area contributed by atoms with Crippen molar-refractivity contribution < 1.29 is 0 Å². The number of hydrogen-bond acceptors (Lipinski definition) is 3. The molecule has 0 radical (unpaired) electrons. The second kappa shape index (κ2) is 3.63. The summed E-state index contributed by atoms with van der Waals surface area (Å²) in [5.74, 6) is 3.09. The van der Waals surface area contributed by atoms with Crippen molar-refractivity contribution in [1.29, 1.82) is 0 Å². The first kappa shape index (κ1) is 9.55. The van der Waals surface area contributed by atoms with Gasteiger partial charge in [0.2, 0.25) is 0 Å². The topological polar surface area (TPSA) is 36.4 Å². The average Bonchev–Trinajstić information content (AvgIpc) is 2.91. The first-order chi connectivity index (χ1) is 5.93. The van der Waals surface area contributed by atoms with Gasteiger partial charge in [-0.1, -0.05) is 0 Å². The molecule has 0 aromatic heterocycles. The Morgan fingerprint density at radius 2 is 2.23 bits per heavy atom. The lowest BCUT2D eigenvalue weighted by Crippen LogP contribution is -2.36. The van der Waals surface area contributed by atoms with Crippen LogP contribution in [0, 0.1) is 11.8 Å². The second-order valence-electron chi connectivity index (χ2n) is 4.14. The highest BCUT2D eigenvalue weighted by Gasteiger charge is 2.47. The maximum absolute atomic E-state index is 4.32. The maximum Gasteiger partial charge on any atom is 0.191 e. The van der Waals surface area contributed by atoms with Crippen molar-refractivity contribution in [3.05, 3.63) is 0 Å². The number of halogens is 1. The van der Waals surface area contributed by atoms with Gasteiger partial charge in [0.25, 0.3) is 0 Å². The molecule has 3 nitrogen and oxygen atoms in total. The van der Waals surface area contributed by atoms with Crippen LogP contribution in [0.15, 0.2) is 4.99 Å². The van der Waals surface area contributed by atoms with Gasteiger partial charge in [0.1, 0.15) is 0 Å². The van der Waals surface area contributed by atoms with Crippen molar-refractivity contribution in [3.63, 3.8) is 0 Å². The Balaban J connectivity index is 0.000000653. The van der Waals surface area contributed by atoms with E-state index in [1.807, 2.05) is 0 Å². The lowest BCUT2D eigenvalue weighted by atomic mass is 10.3. The summed E-state index contributed by atoms with van der Waals surface area (Å²) in [5, 5.41) is 6.71. The highest BCUT2D eigenvalue weighted by atomic mass is 127. The van der Waals surface area contributed by atoms with Crippen LogP contribution in [0.1, 0.15) is 19.3 Å². The fourth-order valence-electron chi connectivity index (χ4n) is 2.10. The lowest BCUT2D eigenvalue weighted by molar-refractivity contribution is 0.658. The average molecular weight is 293 g/mol. The van der Waals surface area contributed by atoms with Gasteiger partial charge in [-0.05, 0) is 31.1 Å². The number of guanidine groups is 1. The lowest BCUT2D eigenvalue weighted by Gasteiger charge is -2.04. The minimum Gasteiger partial charge on any atom is -0.355 e. The number of nitrogens with zero attached hydrogens (tertiary/aromatic N) is 1. The van der Waals surface area contributed by atoms with Gasteiger partial charge in [-0.15, -0.1) is 24.0 Å². The molecule has 0 aromatic rings. The van der Waals surface area contributed by atoms with Gasteiger partial charge in [0.15, 0.2) is 5.96 Å². The Morgan fingerprint density at radius 3 is 2.85 bits per heavy atom. The van der Waals surface area contributed by atoms with E-state index in [9.17, 15) is 0 Å². The van der Waals surface area contributed by atoms with Crippen LogP contribution in [0.5, 0.6) is 0 Å². The number of rotatable bonds is 2. The molecule has 0 bridgehead atoms. The molecule has 0 spiro atoms. The van der Waals surface area contributed by atoms with Gasteiger partial charge in [0, 0.05) is 12.6 Å². The van der Waals surface area contributed by atoms with Crippen molar-refractivity contribution in [1.82, 2.24) is 10.6 Å². The van der Waals surface area contributed by atoms with Gasteiger partial charge in [-0.2, -0.15) is 0 Å². The molecule has 13 heavy (non-hydrogen) atoms. The van der Waals surface area contributed by atoms with E-state index >= 15 is 0 Å². The maximum atomic E-state index is 4.32. The third kappa shape index (κ3) is 2.08. The van der Waals surface area contributed by atoms with Crippen molar-refractivity contribution in [2.75, 3.05) is 13.1 Å². The summed E-state index contributed by atoms with van der Waals surface area (Å²) in [5.41, 5.74) is 0. The Labute approximate surface area is 95.8 Å². The standard InChI is InChI=1S/C9H15N3.HI/c1-2-6(1)7-5-8(7)12-9-10-3-4-11-9;/h6-8H,1-5H2,(H2,10,11,12);1H. The van der Waals surface area contributed by atoms with E-state index in [1.165, 1.54) is 19.3 Å². The zero-order valence-electron chi connectivity index (χ0n) is 7.62. The van der Waals surface area contributed by atoms with Crippen molar-refractivity contribution >= 4 is 29.9 Å². The summed E-state index contributed by atoms with van der Waals surface area (Å²) < 4.78 is 0. The van der Waals surface area contributed by atoms with Gasteiger partial charge in [0.05, 0.1) is 6.54 Å². The van der Waals surface area contributed by atoms with E-state index in [0.717, 1.165) is 36.9 Å². The third-order valence-corrected chi connectivity index (χ3v) is 3.06. The summed E-state index contributed by atoms with van der Waals surface area (Å²) >= 11 is 0. The number of hydrogen-bond donors (Lipinski definition) is 2. The SMILES string of the molecule is C1CNC(NC2CC2C2CC2)=N1.I. The van der Waals surface area contributed by atoms with Crippen LogP contribution in [0.3, 0.4) is 0 Å². The number of aliphatic imine (C=N–C) groups is 1. The molecule has 3 rings (SSSR count). The molecule has 1 aliphatic heterocycles. The van der Waals surface area contributed by atoms with Gasteiger partial charge in [-0.25, -0.2) is 0 Å². The minimum atomic E-state index is 0. The zero-order chi connectivity index (χ0) is 7.97. The van der Waals surface area contributed by atoms with Crippen LogP contribution in [-0.4, -0.2) is 25.1 Å². The molecule has 0 saturated heterocycles. The molecule has 2 unspecified atom stereocenters. The Morgan fingerprint density at radius 1 is 1.38 bits per heavy atom. The van der Waals surface area contributed by atoms with Gasteiger partial charge in [-0.3, -0.25) is 4.99 Å². The van der Waals surface area contributed by atoms with Crippen LogP contribution in [-0.2, 0) is 0 Å². The van der Waals surface area contributed by atoms with E-state index < -0.39 is 0 Å². The monoisotopic (exact) mass is 293 g/mol. The van der Waals surface area contributed by atoms with Crippen LogP contribution in [0.2, 0.25) is 0 Å².